The molecule has 1 fully saturated rings. The Balaban J connectivity index is 1.60. The largest absolute Gasteiger partial charge is 0.669 e. The van der Waals surface area contributed by atoms with Gasteiger partial charge in [0.15, 0.2) is 6.17 Å². The van der Waals surface area contributed by atoms with E-state index in [1.54, 1.807) is 6.07 Å². The van der Waals surface area contributed by atoms with Gasteiger partial charge in [0.05, 0.1) is 31.3 Å². The number of rotatable bonds is 8. The van der Waals surface area contributed by atoms with Crippen LogP contribution in [0.5, 0.6) is 11.5 Å². The number of aliphatic carboxylic acids is 1. The summed E-state index contributed by atoms with van der Waals surface area (Å²) in [6.45, 7) is -3.10. The fourth-order valence-electron chi connectivity index (χ4n) is 3.50. The fraction of sp³-hybridized carbons (Fsp3) is 0.444. The zero-order chi connectivity index (χ0) is 24.5. The second-order valence-corrected chi connectivity index (χ2v) is 7.92. The molecule has 2 heterocycles. The summed E-state index contributed by atoms with van der Waals surface area (Å²) in [6, 6.07) is 1.63. The molecular formula is C18H24BN4O10-. The number of amides is 2. The van der Waals surface area contributed by atoms with Gasteiger partial charge in [-0.25, -0.2) is 4.79 Å². The number of carboxylic acids is 2. The summed E-state index contributed by atoms with van der Waals surface area (Å²) < 4.78 is 10.8. The van der Waals surface area contributed by atoms with Crippen molar-refractivity contribution in [3.63, 3.8) is 0 Å². The van der Waals surface area contributed by atoms with Gasteiger partial charge in [-0.15, -0.1) is 0 Å². The Labute approximate surface area is 187 Å². The standard InChI is InChI=1S/C18H24BN4O10/c20-10(5-12(24)25)16(26)22-15(21)17(27)23-6-9(7-23)32-11-2-1-8-3-4-19(30,31)33-14(8)13(11)18(28)29/h1-2,9-10,15,30-31H,3-7,20-21H2,(H,22,26)(H,24,25)(H,28,29)/q-1/t10-,15+/m1/s1. The summed E-state index contributed by atoms with van der Waals surface area (Å²) in [6.07, 6.45) is -2.52. The minimum atomic E-state index is -3.18. The molecule has 1 saturated heterocycles. The van der Waals surface area contributed by atoms with Crippen LogP contribution in [0.15, 0.2) is 12.1 Å². The zero-order valence-electron chi connectivity index (χ0n) is 17.3. The Hall–Kier alpha value is -3.40. The van der Waals surface area contributed by atoms with Crippen molar-refractivity contribution in [3.05, 3.63) is 23.3 Å². The van der Waals surface area contributed by atoms with Crippen LogP contribution in [0.4, 0.5) is 0 Å². The van der Waals surface area contributed by atoms with Crippen LogP contribution in [0.25, 0.3) is 0 Å². The number of likely N-dealkylation sites (tertiary alicyclic amines) is 1. The third-order valence-electron chi connectivity index (χ3n) is 5.26. The van der Waals surface area contributed by atoms with Crippen molar-refractivity contribution < 1.29 is 48.8 Å². The van der Waals surface area contributed by atoms with Gasteiger partial charge in [0, 0.05) is 0 Å². The molecular weight excluding hydrogens is 443 g/mol. The Bertz CT molecular complexity index is 981. The summed E-state index contributed by atoms with van der Waals surface area (Å²) in [4.78, 5) is 47.8. The number of ether oxygens (including phenoxy) is 1. The van der Waals surface area contributed by atoms with E-state index in [-0.39, 0.29) is 42.9 Å². The number of carboxylic acid groups (broad SMARTS) is 2. The van der Waals surface area contributed by atoms with Gasteiger partial charge in [-0.3, -0.25) is 14.4 Å². The monoisotopic (exact) mass is 467 g/mol. The maximum Gasteiger partial charge on any atom is 0.430 e. The van der Waals surface area contributed by atoms with Crippen LogP contribution in [0, 0.1) is 0 Å². The van der Waals surface area contributed by atoms with Crippen LogP contribution in [0.1, 0.15) is 22.3 Å². The predicted octanol–water partition coefficient (Wildman–Crippen LogP) is -2.96. The molecule has 180 valence electrons. The molecule has 0 radical (unpaired) electrons. The minimum absolute atomic E-state index is 0.0362. The van der Waals surface area contributed by atoms with Gasteiger partial charge < -0.3 is 51.3 Å². The van der Waals surface area contributed by atoms with E-state index >= 15 is 0 Å². The van der Waals surface area contributed by atoms with E-state index in [4.69, 9.17) is 26.0 Å². The van der Waals surface area contributed by atoms with E-state index in [0.29, 0.717) is 5.56 Å². The third kappa shape index (κ3) is 5.51. The first-order valence-electron chi connectivity index (χ1n) is 10.0. The van der Waals surface area contributed by atoms with Crippen molar-refractivity contribution in [2.75, 3.05) is 13.1 Å². The third-order valence-corrected chi connectivity index (χ3v) is 5.26. The summed E-state index contributed by atoms with van der Waals surface area (Å²) in [7, 11) is 0. The van der Waals surface area contributed by atoms with Crippen molar-refractivity contribution in [1.82, 2.24) is 10.2 Å². The first kappa shape index (κ1) is 24.3. The van der Waals surface area contributed by atoms with Gasteiger partial charge in [0.2, 0.25) is 5.91 Å². The van der Waals surface area contributed by atoms with Crippen LogP contribution in [0.2, 0.25) is 6.32 Å². The van der Waals surface area contributed by atoms with Gasteiger partial charge >= 0.3 is 18.7 Å². The number of hydrogen-bond acceptors (Lipinski definition) is 10. The molecule has 2 aliphatic rings. The Morgan fingerprint density at radius 3 is 2.48 bits per heavy atom. The topological polar surface area (TPSA) is 235 Å². The summed E-state index contributed by atoms with van der Waals surface area (Å²) >= 11 is 0. The number of benzene rings is 1. The molecule has 9 N–H and O–H groups in total. The fourth-order valence-corrected chi connectivity index (χ4v) is 3.50. The van der Waals surface area contributed by atoms with E-state index in [2.05, 4.69) is 5.32 Å². The predicted molar refractivity (Wildman–Crippen MR) is 110 cm³/mol. The van der Waals surface area contributed by atoms with Gasteiger partial charge in [-0.2, -0.15) is 0 Å². The zero-order valence-corrected chi connectivity index (χ0v) is 17.3. The lowest BCUT2D eigenvalue weighted by Crippen LogP contribution is -2.64. The number of nitrogens with zero attached hydrogens (tertiary/aromatic N) is 1. The number of carbonyl (C=O) groups excluding carboxylic acids is 2. The van der Waals surface area contributed by atoms with E-state index in [0.717, 1.165) is 0 Å². The Morgan fingerprint density at radius 2 is 1.88 bits per heavy atom. The first-order chi connectivity index (χ1) is 15.4. The molecule has 2 aliphatic heterocycles. The SMILES string of the molecule is N[C@H](CC(=O)O)C(=O)N[C@H](N)C(=O)N1CC(Oc2ccc3c(c2C(=O)O)O[B-](O)(O)CC3)C1. The van der Waals surface area contributed by atoms with E-state index < -0.39 is 55.2 Å². The van der Waals surface area contributed by atoms with Gasteiger partial charge in [0.25, 0.3) is 5.91 Å². The van der Waals surface area contributed by atoms with Crippen molar-refractivity contribution >= 4 is 30.5 Å². The smallest absolute Gasteiger partial charge is 0.430 e. The highest BCUT2D eigenvalue weighted by molar-refractivity contribution is 6.59. The highest BCUT2D eigenvalue weighted by Gasteiger charge is 2.38. The summed E-state index contributed by atoms with van der Waals surface area (Å²) in [5.74, 6) is -4.46. The molecule has 15 heteroatoms. The van der Waals surface area contributed by atoms with E-state index in [1.165, 1.54) is 11.0 Å². The Morgan fingerprint density at radius 1 is 1.21 bits per heavy atom. The van der Waals surface area contributed by atoms with Crippen molar-refractivity contribution in [1.29, 1.82) is 0 Å². The second-order valence-electron chi connectivity index (χ2n) is 7.92. The second kappa shape index (κ2) is 9.23. The van der Waals surface area contributed by atoms with Crippen LogP contribution in [-0.2, 0) is 20.8 Å². The molecule has 0 unspecified atom stereocenters. The first-order valence-corrected chi connectivity index (χ1v) is 10.0. The molecule has 0 saturated carbocycles. The number of fused-ring (bicyclic) bond motifs is 1. The summed E-state index contributed by atoms with van der Waals surface area (Å²) in [5, 5.41) is 40.0. The average Bonchev–Trinajstić information content (AvgIpc) is 2.67. The normalized spacial score (nSPS) is 18.7. The average molecular weight is 467 g/mol. The van der Waals surface area contributed by atoms with Gasteiger partial charge in [-0.05, 0) is 18.1 Å². The van der Waals surface area contributed by atoms with Crippen LogP contribution < -0.4 is 26.2 Å². The molecule has 0 spiro atoms. The number of nitrogens with two attached hydrogens (primary N) is 2. The summed E-state index contributed by atoms with van der Waals surface area (Å²) in [5.41, 5.74) is 11.2. The van der Waals surface area contributed by atoms with Crippen molar-refractivity contribution in [2.24, 2.45) is 11.5 Å². The minimum Gasteiger partial charge on any atom is -0.669 e. The molecule has 2 atom stereocenters. The number of aryl methyl sites for hydroxylation is 1. The molecule has 1 aromatic rings. The molecule has 0 bridgehead atoms. The maximum absolute atomic E-state index is 12.3. The number of hydrogen-bond donors (Lipinski definition) is 7. The van der Waals surface area contributed by atoms with Gasteiger partial charge in [-0.1, -0.05) is 12.4 Å². The lowest BCUT2D eigenvalue weighted by Gasteiger charge is -2.41. The van der Waals surface area contributed by atoms with Gasteiger partial charge in [0.1, 0.15) is 17.4 Å². The molecule has 2 amide bonds. The molecule has 1 aromatic carbocycles. The van der Waals surface area contributed by atoms with Crippen LogP contribution in [-0.4, -0.2) is 87.1 Å². The molecule has 14 nitrogen and oxygen atoms in total. The van der Waals surface area contributed by atoms with Crippen molar-refractivity contribution in [2.45, 2.75) is 37.5 Å². The Kier molecular flexibility index (Phi) is 6.78. The van der Waals surface area contributed by atoms with Crippen molar-refractivity contribution in [3.8, 4) is 11.5 Å². The molecule has 0 aliphatic carbocycles. The molecule has 3 rings (SSSR count). The van der Waals surface area contributed by atoms with E-state index in [9.17, 15) is 34.3 Å². The van der Waals surface area contributed by atoms with Crippen LogP contribution in [0.3, 0.4) is 0 Å². The molecule has 33 heavy (non-hydrogen) atoms. The quantitative estimate of drug-likeness (QED) is 0.150. The van der Waals surface area contributed by atoms with Crippen LogP contribution >= 0.6 is 0 Å². The number of aromatic carboxylic acids is 1. The lowest BCUT2D eigenvalue weighted by atomic mass is 9.70. The lowest BCUT2D eigenvalue weighted by molar-refractivity contribution is -0.144. The number of carbonyl (C=O) groups is 4. The highest BCUT2D eigenvalue weighted by atomic mass is 16.6. The highest BCUT2D eigenvalue weighted by Crippen LogP contribution is 2.38. The van der Waals surface area contributed by atoms with E-state index in [1.807, 2.05) is 0 Å². The number of nitrogens with one attached hydrogen (secondary N) is 1. The maximum atomic E-state index is 12.3. The molecule has 0 aromatic heterocycles.